The van der Waals surface area contributed by atoms with Crippen LogP contribution in [0.5, 0.6) is 0 Å². The van der Waals surface area contributed by atoms with Crippen molar-refractivity contribution in [2.75, 3.05) is 32.5 Å². The molecule has 0 radical (unpaired) electrons. The van der Waals surface area contributed by atoms with Gasteiger partial charge < -0.3 is 15.5 Å². The topological polar surface area (TPSA) is 50.1 Å². The first kappa shape index (κ1) is 18.7. The molecular weight excluding hydrogens is 274 g/mol. The fourth-order valence-electron chi connectivity index (χ4n) is 2.71. The van der Waals surface area contributed by atoms with E-state index in [2.05, 4.69) is 57.6 Å². The van der Waals surface area contributed by atoms with Crippen LogP contribution in [0.1, 0.15) is 33.3 Å². The van der Waals surface area contributed by atoms with Gasteiger partial charge in [-0.25, -0.2) is 0 Å². The Bertz CT molecular complexity index is 466. The first-order valence-electron chi connectivity index (χ1n) is 8.25. The highest BCUT2D eigenvalue weighted by molar-refractivity contribution is 5.93. The van der Waals surface area contributed by atoms with E-state index in [1.807, 2.05) is 19.1 Å². The lowest BCUT2D eigenvalue weighted by molar-refractivity contribution is -0.868. The first-order chi connectivity index (χ1) is 10.2. The van der Waals surface area contributed by atoms with Gasteiger partial charge in [0.25, 0.3) is 5.91 Å². The van der Waals surface area contributed by atoms with Crippen molar-refractivity contribution < 1.29 is 15.0 Å². The molecule has 1 amide bonds. The molecule has 0 saturated heterocycles. The minimum Gasteiger partial charge on any atom is -0.339 e. The summed E-state index contributed by atoms with van der Waals surface area (Å²) in [7, 11) is 4.33. The molecule has 1 aromatic carbocycles. The number of carbonyl (C=O) groups is 1. The van der Waals surface area contributed by atoms with Crippen LogP contribution in [0.4, 0.5) is 5.69 Å². The second-order valence-corrected chi connectivity index (χ2v) is 7.32. The lowest BCUT2D eigenvalue weighted by atomic mass is 9.92. The molecule has 1 rings (SSSR count). The zero-order valence-electron chi connectivity index (χ0n) is 15.0. The van der Waals surface area contributed by atoms with Crippen LogP contribution in [0, 0.1) is 5.41 Å². The van der Waals surface area contributed by atoms with E-state index < -0.39 is 0 Å². The zero-order valence-corrected chi connectivity index (χ0v) is 15.0. The van der Waals surface area contributed by atoms with Gasteiger partial charge in [-0.3, -0.25) is 4.79 Å². The molecular formula is C18H33N3O+2. The lowest BCUT2D eigenvalue weighted by Crippen LogP contribution is -3.08. The summed E-state index contributed by atoms with van der Waals surface area (Å²) in [6.07, 6.45) is 1.02. The fraction of sp³-hybridized carbons (Fsp3) is 0.611. The van der Waals surface area contributed by atoms with E-state index in [-0.39, 0.29) is 17.4 Å². The highest BCUT2D eigenvalue weighted by Crippen LogP contribution is 2.10. The van der Waals surface area contributed by atoms with E-state index in [1.165, 1.54) is 10.5 Å². The molecule has 1 atom stereocenters. The van der Waals surface area contributed by atoms with Crippen molar-refractivity contribution in [3.63, 3.8) is 0 Å². The second kappa shape index (κ2) is 8.30. The molecule has 0 fully saturated rings. The van der Waals surface area contributed by atoms with E-state index in [9.17, 15) is 4.79 Å². The van der Waals surface area contributed by atoms with Gasteiger partial charge in [-0.2, -0.15) is 0 Å². The molecule has 0 aliphatic heterocycles. The first-order valence-corrected chi connectivity index (χ1v) is 8.25. The number of amides is 1. The average molecular weight is 307 g/mol. The van der Waals surface area contributed by atoms with Crippen molar-refractivity contribution in [1.29, 1.82) is 0 Å². The molecule has 0 saturated carbocycles. The van der Waals surface area contributed by atoms with E-state index in [0.29, 0.717) is 0 Å². The maximum absolute atomic E-state index is 12.3. The van der Waals surface area contributed by atoms with Gasteiger partial charge in [-0.05, 0) is 44.9 Å². The maximum Gasteiger partial charge on any atom is 0.282 e. The van der Waals surface area contributed by atoms with Crippen LogP contribution in [-0.2, 0) is 11.2 Å². The summed E-state index contributed by atoms with van der Waals surface area (Å²) in [6.45, 7) is 10.6. The van der Waals surface area contributed by atoms with Crippen molar-refractivity contribution in [3.05, 3.63) is 29.8 Å². The van der Waals surface area contributed by atoms with Crippen molar-refractivity contribution in [3.8, 4) is 0 Å². The summed E-state index contributed by atoms with van der Waals surface area (Å²) in [5.41, 5.74) is 2.38. The number of carbonyl (C=O) groups excluding carboxylic acids is 1. The number of quaternary nitrogens is 2. The summed E-state index contributed by atoms with van der Waals surface area (Å²) in [5, 5.41) is 5.13. The van der Waals surface area contributed by atoms with Crippen molar-refractivity contribution >= 4 is 11.6 Å². The summed E-state index contributed by atoms with van der Waals surface area (Å²) in [4.78, 5) is 13.7. The number of nitrogens with two attached hydrogens (primary N) is 1. The average Bonchev–Trinajstić information content (AvgIpc) is 2.44. The van der Waals surface area contributed by atoms with Crippen LogP contribution in [-0.4, -0.2) is 39.1 Å². The van der Waals surface area contributed by atoms with E-state index in [1.54, 1.807) is 0 Å². The van der Waals surface area contributed by atoms with Crippen molar-refractivity contribution in [2.45, 2.75) is 40.2 Å². The van der Waals surface area contributed by atoms with Crippen LogP contribution >= 0.6 is 0 Å². The molecule has 0 aromatic heterocycles. The number of rotatable bonds is 8. The number of hydrogen-bond donors (Lipinski definition) is 3. The normalized spacial score (nSPS) is 13.2. The summed E-state index contributed by atoms with van der Waals surface area (Å²) in [6, 6.07) is 7.99. The van der Waals surface area contributed by atoms with Gasteiger partial charge >= 0.3 is 0 Å². The van der Waals surface area contributed by atoms with Crippen LogP contribution in [0.2, 0.25) is 0 Å². The Labute approximate surface area is 135 Å². The smallest absolute Gasteiger partial charge is 0.282 e. The second-order valence-electron chi connectivity index (χ2n) is 7.32. The highest BCUT2D eigenvalue weighted by Gasteiger charge is 2.26. The number of anilines is 1. The molecule has 4 nitrogen and oxygen atoms in total. The Morgan fingerprint density at radius 3 is 2.36 bits per heavy atom. The van der Waals surface area contributed by atoms with Gasteiger partial charge in [0, 0.05) is 5.69 Å². The van der Waals surface area contributed by atoms with Gasteiger partial charge in [0.05, 0.1) is 32.6 Å². The third-order valence-electron chi connectivity index (χ3n) is 3.90. The Hall–Kier alpha value is -1.39. The van der Waals surface area contributed by atoms with Gasteiger partial charge in [0.15, 0.2) is 6.04 Å². The maximum atomic E-state index is 12.3. The third-order valence-corrected chi connectivity index (χ3v) is 3.90. The number of aryl methyl sites for hydroxylation is 1. The summed E-state index contributed by atoms with van der Waals surface area (Å²) >= 11 is 0. The van der Waals surface area contributed by atoms with E-state index >= 15 is 0 Å². The quantitative estimate of drug-likeness (QED) is 0.636. The Balaban J connectivity index is 2.47. The molecule has 4 heteroatoms. The largest absolute Gasteiger partial charge is 0.339 e. The Kier molecular flexibility index (Phi) is 7.04. The predicted octanol–water partition coefficient (Wildman–Crippen LogP) is 0.310. The van der Waals surface area contributed by atoms with Crippen molar-refractivity contribution in [2.24, 2.45) is 5.41 Å². The Morgan fingerprint density at radius 2 is 1.86 bits per heavy atom. The van der Waals surface area contributed by atoms with E-state index in [4.69, 9.17) is 0 Å². The van der Waals surface area contributed by atoms with Gasteiger partial charge in [0.1, 0.15) is 0 Å². The van der Waals surface area contributed by atoms with Gasteiger partial charge in [-0.1, -0.05) is 19.1 Å². The van der Waals surface area contributed by atoms with Crippen LogP contribution in [0.15, 0.2) is 24.3 Å². The predicted molar refractivity (Wildman–Crippen MR) is 92.2 cm³/mol. The SMILES string of the molecule is CCc1ccc(NC(=O)[C@@H](C)[NH2+]CC(C)(C)C[NH+](C)C)cc1. The molecule has 0 heterocycles. The van der Waals surface area contributed by atoms with Crippen molar-refractivity contribution in [1.82, 2.24) is 0 Å². The summed E-state index contributed by atoms with van der Waals surface area (Å²) in [5.74, 6) is 0.0669. The molecule has 0 spiro atoms. The Morgan fingerprint density at radius 1 is 1.27 bits per heavy atom. The number of hydrogen-bond acceptors (Lipinski definition) is 1. The molecule has 0 bridgehead atoms. The summed E-state index contributed by atoms with van der Waals surface area (Å²) < 4.78 is 0. The van der Waals surface area contributed by atoms with Crippen LogP contribution < -0.4 is 15.5 Å². The van der Waals surface area contributed by atoms with Gasteiger partial charge in [-0.15, -0.1) is 0 Å². The third kappa shape index (κ3) is 6.58. The number of benzene rings is 1. The zero-order chi connectivity index (χ0) is 16.8. The molecule has 0 aliphatic carbocycles. The number of nitrogens with one attached hydrogen (secondary N) is 2. The van der Waals surface area contributed by atoms with E-state index in [0.717, 1.165) is 25.2 Å². The molecule has 22 heavy (non-hydrogen) atoms. The lowest BCUT2D eigenvalue weighted by Gasteiger charge is -2.25. The minimum absolute atomic E-state index is 0.0669. The van der Waals surface area contributed by atoms with Crippen LogP contribution in [0.25, 0.3) is 0 Å². The minimum atomic E-state index is -0.0812. The highest BCUT2D eigenvalue weighted by atomic mass is 16.2. The molecule has 124 valence electrons. The fourth-order valence-corrected chi connectivity index (χ4v) is 2.71. The molecule has 0 unspecified atom stereocenters. The van der Waals surface area contributed by atoms with Gasteiger partial charge in [0.2, 0.25) is 0 Å². The monoisotopic (exact) mass is 307 g/mol. The van der Waals surface area contributed by atoms with Crippen LogP contribution in [0.3, 0.4) is 0 Å². The molecule has 4 N–H and O–H groups in total. The standard InChI is InChI=1S/C18H31N3O/c1-7-15-8-10-16(11-9-15)20-17(22)14(2)19-12-18(3,4)13-21(5)6/h8-11,14,19H,7,12-13H2,1-6H3,(H,20,22)/p+2/t14-/m1/s1. The molecule has 1 aromatic rings. The molecule has 0 aliphatic rings.